The number of anilines is 1. The maximum absolute atomic E-state index is 12.5. The Bertz CT molecular complexity index is 1180. The molecule has 2 aliphatic rings. The number of hydrogen-bond acceptors (Lipinski definition) is 8. The first-order valence-corrected chi connectivity index (χ1v) is 10.4. The fourth-order valence-corrected chi connectivity index (χ4v) is 4.20. The van der Waals surface area contributed by atoms with Crippen LogP contribution in [0.4, 0.5) is 5.82 Å². The van der Waals surface area contributed by atoms with Crippen LogP contribution in [0.1, 0.15) is 46.4 Å². The highest BCUT2D eigenvalue weighted by Crippen LogP contribution is 2.30. The number of fused-ring (bicyclic) bond motifs is 1. The minimum absolute atomic E-state index is 0.107. The van der Waals surface area contributed by atoms with E-state index in [9.17, 15) is 9.59 Å². The van der Waals surface area contributed by atoms with Crippen LogP contribution in [-0.2, 0) is 13.0 Å². The maximum atomic E-state index is 12.5. The number of carbonyl (C=O) groups is 1. The van der Waals surface area contributed by atoms with Crippen molar-refractivity contribution in [3.63, 3.8) is 0 Å². The van der Waals surface area contributed by atoms with E-state index >= 15 is 0 Å². The molecule has 0 bridgehead atoms. The lowest BCUT2D eigenvalue weighted by atomic mass is 9.96. The Morgan fingerprint density at radius 2 is 2.06 bits per heavy atom. The lowest BCUT2D eigenvalue weighted by molar-refractivity contribution is 0.0995. The summed E-state index contributed by atoms with van der Waals surface area (Å²) in [6, 6.07) is 7.12. The van der Waals surface area contributed by atoms with E-state index in [1.54, 1.807) is 12.1 Å². The minimum atomic E-state index is -0.539. The summed E-state index contributed by atoms with van der Waals surface area (Å²) in [7, 11) is 0. The van der Waals surface area contributed by atoms with Crippen molar-refractivity contribution in [2.45, 2.75) is 31.7 Å². The largest absolute Gasteiger partial charge is 0.364 e. The fourth-order valence-electron chi connectivity index (χ4n) is 4.20. The van der Waals surface area contributed by atoms with Crippen molar-refractivity contribution in [2.24, 2.45) is 5.73 Å². The molecule has 0 aromatic carbocycles. The number of pyridine rings is 2. The molecule has 4 N–H and O–H groups in total. The van der Waals surface area contributed by atoms with Crippen molar-refractivity contribution in [3.8, 4) is 11.4 Å². The highest BCUT2D eigenvalue weighted by atomic mass is 16.5. The van der Waals surface area contributed by atoms with Gasteiger partial charge in [0.15, 0.2) is 0 Å². The van der Waals surface area contributed by atoms with Crippen LogP contribution in [0.25, 0.3) is 11.4 Å². The van der Waals surface area contributed by atoms with Crippen molar-refractivity contribution in [1.82, 2.24) is 25.4 Å². The molecule has 31 heavy (non-hydrogen) atoms. The number of primary amides is 1. The zero-order valence-electron chi connectivity index (χ0n) is 16.9. The van der Waals surface area contributed by atoms with Crippen LogP contribution in [0, 0.1) is 0 Å². The predicted molar refractivity (Wildman–Crippen MR) is 113 cm³/mol. The summed E-state index contributed by atoms with van der Waals surface area (Å²) in [5.74, 6) is 1.17. The van der Waals surface area contributed by atoms with Gasteiger partial charge in [-0.15, -0.1) is 0 Å². The van der Waals surface area contributed by atoms with Gasteiger partial charge in [0.1, 0.15) is 11.5 Å². The van der Waals surface area contributed by atoms with Gasteiger partial charge in [-0.05, 0) is 36.6 Å². The molecule has 5 heterocycles. The zero-order valence-corrected chi connectivity index (χ0v) is 16.9. The number of nitrogens with two attached hydrogens (primary N) is 1. The number of carbonyl (C=O) groups excluding carboxylic acids is 1. The summed E-state index contributed by atoms with van der Waals surface area (Å²) in [5.41, 5.74) is 7.86. The van der Waals surface area contributed by atoms with E-state index in [1.807, 2.05) is 12.1 Å². The molecule has 10 heteroatoms. The first-order valence-electron chi connectivity index (χ1n) is 10.4. The quantitative estimate of drug-likeness (QED) is 0.565. The number of piperidine rings is 1. The summed E-state index contributed by atoms with van der Waals surface area (Å²) in [4.78, 5) is 37.8. The molecule has 1 fully saturated rings. The van der Waals surface area contributed by atoms with Gasteiger partial charge in [0, 0.05) is 44.2 Å². The summed E-state index contributed by atoms with van der Waals surface area (Å²) < 4.78 is 5.52. The molecule has 0 unspecified atom stereocenters. The number of rotatable bonds is 4. The van der Waals surface area contributed by atoms with Crippen molar-refractivity contribution in [3.05, 3.63) is 57.5 Å². The molecule has 1 saturated heterocycles. The molecule has 2 aliphatic heterocycles. The lowest BCUT2D eigenvalue weighted by Gasteiger charge is -2.31. The van der Waals surface area contributed by atoms with Crippen LogP contribution < -0.4 is 21.5 Å². The molecule has 5 rings (SSSR count). The molecule has 3 aromatic rings. The third kappa shape index (κ3) is 3.81. The molecule has 0 spiro atoms. The molecule has 0 saturated carbocycles. The monoisotopic (exact) mass is 421 g/mol. The second-order valence-corrected chi connectivity index (χ2v) is 7.91. The Morgan fingerprint density at radius 3 is 2.87 bits per heavy atom. The smallest absolute Gasteiger partial charge is 0.267 e. The average molecular weight is 421 g/mol. The van der Waals surface area contributed by atoms with Gasteiger partial charge in [0.25, 0.3) is 11.5 Å². The van der Waals surface area contributed by atoms with Gasteiger partial charge in [-0.1, -0.05) is 11.2 Å². The van der Waals surface area contributed by atoms with E-state index in [-0.39, 0.29) is 17.2 Å². The van der Waals surface area contributed by atoms with Gasteiger partial charge in [-0.3, -0.25) is 9.59 Å². The van der Waals surface area contributed by atoms with Gasteiger partial charge < -0.3 is 25.5 Å². The second kappa shape index (κ2) is 7.95. The lowest BCUT2D eigenvalue weighted by Crippen LogP contribution is -2.34. The van der Waals surface area contributed by atoms with Crippen LogP contribution >= 0.6 is 0 Å². The van der Waals surface area contributed by atoms with Gasteiger partial charge in [0.2, 0.25) is 11.7 Å². The summed E-state index contributed by atoms with van der Waals surface area (Å²) in [5, 5.41) is 7.38. The van der Waals surface area contributed by atoms with E-state index in [0.29, 0.717) is 23.8 Å². The highest BCUT2D eigenvalue weighted by molar-refractivity contribution is 5.91. The minimum Gasteiger partial charge on any atom is -0.364 e. The Morgan fingerprint density at radius 1 is 1.23 bits per heavy atom. The number of aromatic nitrogens is 4. The van der Waals surface area contributed by atoms with E-state index in [1.165, 1.54) is 0 Å². The molecule has 1 amide bonds. The number of nitrogens with zero attached hydrogens (tertiary/aromatic N) is 4. The number of nitrogens with one attached hydrogen (secondary N) is 2. The number of aromatic amines is 1. The third-order valence-corrected chi connectivity index (χ3v) is 5.92. The topological polar surface area (TPSA) is 143 Å². The van der Waals surface area contributed by atoms with Gasteiger partial charge in [-0.2, -0.15) is 4.98 Å². The van der Waals surface area contributed by atoms with E-state index in [4.69, 9.17) is 10.3 Å². The third-order valence-electron chi connectivity index (χ3n) is 5.92. The van der Waals surface area contributed by atoms with Crippen LogP contribution in [-0.4, -0.2) is 45.7 Å². The Balaban J connectivity index is 1.30. The summed E-state index contributed by atoms with van der Waals surface area (Å²) in [6.45, 7) is 3.05. The van der Waals surface area contributed by atoms with Gasteiger partial charge >= 0.3 is 0 Å². The Kier molecular flexibility index (Phi) is 4.99. The Hall–Kier alpha value is -3.53. The maximum Gasteiger partial charge on any atom is 0.267 e. The van der Waals surface area contributed by atoms with Crippen molar-refractivity contribution >= 4 is 11.7 Å². The number of amides is 1. The molecule has 0 atom stereocenters. The predicted octanol–water partition coefficient (Wildman–Crippen LogP) is 0.949. The zero-order chi connectivity index (χ0) is 21.4. The first kappa shape index (κ1) is 19.4. The highest BCUT2D eigenvalue weighted by Gasteiger charge is 2.27. The molecular formula is C21H23N7O3. The van der Waals surface area contributed by atoms with Crippen molar-refractivity contribution in [1.29, 1.82) is 0 Å². The SMILES string of the molecule is NC(=O)c1cccc(N2CCC(c3nc(-c4cc5c([nH]c4=O)CCNC5)no3)CC2)n1. The summed E-state index contributed by atoms with van der Waals surface area (Å²) >= 11 is 0. The van der Waals surface area contributed by atoms with Gasteiger partial charge in [-0.25, -0.2) is 4.98 Å². The fraction of sp³-hybridized carbons (Fsp3) is 0.381. The van der Waals surface area contributed by atoms with E-state index in [2.05, 4.69) is 30.3 Å². The van der Waals surface area contributed by atoms with Crippen LogP contribution in [0.15, 0.2) is 33.6 Å². The summed E-state index contributed by atoms with van der Waals surface area (Å²) in [6.07, 6.45) is 2.40. The van der Waals surface area contributed by atoms with Crippen molar-refractivity contribution < 1.29 is 9.32 Å². The van der Waals surface area contributed by atoms with E-state index in [0.717, 1.165) is 56.0 Å². The normalized spacial score (nSPS) is 16.8. The van der Waals surface area contributed by atoms with Gasteiger partial charge in [0.05, 0.1) is 5.56 Å². The number of H-pyrrole nitrogens is 1. The second-order valence-electron chi connectivity index (χ2n) is 7.91. The molecule has 0 radical (unpaired) electrons. The van der Waals surface area contributed by atoms with Crippen LogP contribution in [0.5, 0.6) is 0 Å². The molecule has 160 valence electrons. The first-order chi connectivity index (χ1) is 15.1. The van der Waals surface area contributed by atoms with E-state index < -0.39 is 5.91 Å². The van der Waals surface area contributed by atoms with Crippen LogP contribution in [0.2, 0.25) is 0 Å². The standard InChI is InChI=1S/C21H23N7O3/c22-18(29)16-2-1-3-17(24-16)28-8-5-12(6-9-28)21-26-19(27-31-21)14-10-13-11-23-7-4-15(13)25-20(14)30/h1-3,10,12,23H,4-9,11H2,(H2,22,29)(H,25,30). The van der Waals surface area contributed by atoms with Crippen molar-refractivity contribution in [2.75, 3.05) is 24.5 Å². The average Bonchev–Trinajstić information content (AvgIpc) is 3.29. The molecule has 3 aromatic heterocycles. The molecule has 0 aliphatic carbocycles. The van der Waals surface area contributed by atoms with Crippen LogP contribution in [0.3, 0.4) is 0 Å². The molecular weight excluding hydrogens is 398 g/mol. The molecule has 10 nitrogen and oxygen atoms in total. The Labute approximate surface area is 177 Å². The number of hydrogen-bond donors (Lipinski definition) is 3.